The fourth-order valence-electron chi connectivity index (χ4n) is 2.87. The third-order valence-corrected chi connectivity index (χ3v) is 4.63. The van der Waals surface area contributed by atoms with Gasteiger partial charge in [0, 0.05) is 10.0 Å². The van der Waals surface area contributed by atoms with E-state index >= 15 is 0 Å². The summed E-state index contributed by atoms with van der Waals surface area (Å²) in [6.07, 6.45) is 2.56. The zero-order valence-corrected chi connectivity index (χ0v) is 13.5. The van der Waals surface area contributed by atoms with Crippen LogP contribution in [0.25, 0.3) is 0 Å². The lowest BCUT2D eigenvalue weighted by molar-refractivity contribution is 0.401. The quantitative estimate of drug-likeness (QED) is 0.863. The molecule has 0 bridgehead atoms. The molecule has 0 aliphatic heterocycles. The van der Waals surface area contributed by atoms with Gasteiger partial charge in [0.2, 0.25) is 0 Å². The molecule has 1 nitrogen and oxygen atoms in total. The van der Waals surface area contributed by atoms with Crippen LogP contribution in [0.1, 0.15) is 46.1 Å². The average Bonchev–Trinajstić information content (AvgIpc) is 3.00. The van der Waals surface area contributed by atoms with Gasteiger partial charge >= 0.3 is 0 Å². The summed E-state index contributed by atoms with van der Waals surface area (Å²) in [6.45, 7) is 10.2. The van der Waals surface area contributed by atoms with E-state index in [4.69, 9.17) is 0 Å². The smallest absolute Gasteiger partial charge is 0.0178 e. The number of nitrogens with one attached hydrogen (secondary N) is 1. The van der Waals surface area contributed by atoms with Crippen molar-refractivity contribution >= 4 is 15.9 Å². The lowest BCUT2D eigenvalue weighted by Crippen LogP contribution is -2.38. The molecule has 0 aromatic heterocycles. The second-order valence-electron chi connectivity index (χ2n) is 6.55. The van der Waals surface area contributed by atoms with Crippen LogP contribution < -0.4 is 5.32 Å². The van der Waals surface area contributed by atoms with E-state index in [0.29, 0.717) is 5.41 Å². The van der Waals surface area contributed by atoms with Crippen LogP contribution in [0.15, 0.2) is 28.7 Å². The summed E-state index contributed by atoms with van der Waals surface area (Å²) < 4.78 is 1.20. The summed E-state index contributed by atoms with van der Waals surface area (Å²) >= 11 is 3.59. The molecule has 1 saturated carbocycles. The van der Waals surface area contributed by atoms with Crippen LogP contribution in [0.4, 0.5) is 0 Å². The Hall–Kier alpha value is -0.340. The van der Waals surface area contributed by atoms with Gasteiger partial charge in [-0.25, -0.2) is 0 Å². The number of rotatable bonds is 4. The molecule has 2 atom stereocenters. The molecule has 0 heterocycles. The maximum absolute atomic E-state index is 3.65. The topological polar surface area (TPSA) is 12.0 Å². The van der Waals surface area contributed by atoms with Crippen LogP contribution >= 0.6 is 15.9 Å². The molecule has 0 radical (unpaired) electrons. The van der Waals surface area contributed by atoms with Gasteiger partial charge in [-0.2, -0.15) is 0 Å². The van der Waals surface area contributed by atoms with Gasteiger partial charge in [0.15, 0.2) is 0 Å². The highest BCUT2D eigenvalue weighted by Crippen LogP contribution is 2.56. The van der Waals surface area contributed by atoms with Crippen molar-refractivity contribution in [2.45, 2.75) is 51.5 Å². The van der Waals surface area contributed by atoms with Crippen molar-refractivity contribution in [2.24, 2.45) is 5.92 Å². The van der Waals surface area contributed by atoms with Gasteiger partial charge in [-0.1, -0.05) is 35.0 Å². The number of hydrogen-bond acceptors (Lipinski definition) is 1. The van der Waals surface area contributed by atoms with Gasteiger partial charge in [-0.05, 0) is 69.2 Å². The highest BCUT2D eigenvalue weighted by atomic mass is 79.9. The van der Waals surface area contributed by atoms with E-state index in [1.165, 1.54) is 22.9 Å². The first-order valence-corrected chi connectivity index (χ1v) is 7.68. The van der Waals surface area contributed by atoms with Gasteiger partial charge in [0.1, 0.15) is 0 Å². The van der Waals surface area contributed by atoms with Gasteiger partial charge in [-0.15, -0.1) is 0 Å². The van der Waals surface area contributed by atoms with Crippen LogP contribution in [-0.2, 0) is 5.41 Å². The molecule has 2 rings (SSSR count). The van der Waals surface area contributed by atoms with E-state index in [9.17, 15) is 0 Å². The summed E-state index contributed by atoms with van der Waals surface area (Å²) in [5, 5.41) is 3.65. The molecular weight excluding hydrogens is 286 g/mol. The van der Waals surface area contributed by atoms with Crippen LogP contribution in [0.2, 0.25) is 0 Å². The van der Waals surface area contributed by atoms with Gasteiger partial charge < -0.3 is 5.32 Å². The molecule has 0 spiro atoms. The Morgan fingerprint density at radius 1 is 1.39 bits per heavy atom. The zero-order chi connectivity index (χ0) is 13.4. The van der Waals surface area contributed by atoms with Crippen molar-refractivity contribution in [1.82, 2.24) is 5.32 Å². The molecule has 0 saturated heterocycles. The van der Waals surface area contributed by atoms with Crippen molar-refractivity contribution < 1.29 is 0 Å². The Morgan fingerprint density at radius 3 is 2.67 bits per heavy atom. The van der Waals surface area contributed by atoms with E-state index in [-0.39, 0.29) is 5.54 Å². The first-order valence-electron chi connectivity index (χ1n) is 6.88. The van der Waals surface area contributed by atoms with E-state index in [0.717, 1.165) is 12.5 Å². The van der Waals surface area contributed by atoms with E-state index in [2.05, 4.69) is 73.2 Å². The van der Waals surface area contributed by atoms with E-state index in [1.54, 1.807) is 0 Å². The standard InChI is InChI=1S/C16H24BrN/c1-5-16(12-7-6-8-14(17)9-12)10-13(16)11-18-15(2,3)4/h6-9,13,18H,5,10-11H2,1-4H3. The SMILES string of the molecule is CCC1(c2cccc(Br)c2)CC1CNC(C)(C)C. The molecule has 2 heteroatoms. The summed E-state index contributed by atoms with van der Waals surface area (Å²) in [4.78, 5) is 0. The molecule has 1 aliphatic carbocycles. The van der Waals surface area contributed by atoms with Crippen molar-refractivity contribution in [3.63, 3.8) is 0 Å². The van der Waals surface area contributed by atoms with Crippen LogP contribution in [0.5, 0.6) is 0 Å². The zero-order valence-electron chi connectivity index (χ0n) is 11.9. The first kappa shape index (κ1) is 14.1. The monoisotopic (exact) mass is 309 g/mol. The Kier molecular flexibility index (Phi) is 3.89. The molecule has 1 aromatic rings. The molecule has 1 aromatic carbocycles. The predicted octanol–water partition coefficient (Wildman–Crippen LogP) is 4.50. The van der Waals surface area contributed by atoms with Crippen LogP contribution in [0, 0.1) is 5.92 Å². The van der Waals surface area contributed by atoms with E-state index in [1.807, 2.05) is 0 Å². The van der Waals surface area contributed by atoms with E-state index < -0.39 is 0 Å². The third kappa shape index (κ3) is 2.97. The molecular formula is C16H24BrN. The predicted molar refractivity (Wildman–Crippen MR) is 82.0 cm³/mol. The second kappa shape index (κ2) is 4.97. The van der Waals surface area contributed by atoms with Gasteiger partial charge in [-0.3, -0.25) is 0 Å². The van der Waals surface area contributed by atoms with Crippen molar-refractivity contribution in [1.29, 1.82) is 0 Å². The Morgan fingerprint density at radius 2 is 2.11 bits per heavy atom. The maximum atomic E-state index is 3.65. The van der Waals surface area contributed by atoms with Crippen LogP contribution in [-0.4, -0.2) is 12.1 Å². The highest BCUT2D eigenvalue weighted by molar-refractivity contribution is 9.10. The van der Waals surface area contributed by atoms with Crippen molar-refractivity contribution in [3.8, 4) is 0 Å². The molecule has 1 fully saturated rings. The fraction of sp³-hybridized carbons (Fsp3) is 0.625. The highest BCUT2D eigenvalue weighted by Gasteiger charge is 2.53. The lowest BCUT2D eigenvalue weighted by atomic mass is 9.90. The minimum atomic E-state index is 0.222. The van der Waals surface area contributed by atoms with Gasteiger partial charge in [0.05, 0.1) is 0 Å². The molecule has 2 unspecified atom stereocenters. The fourth-order valence-corrected chi connectivity index (χ4v) is 3.27. The van der Waals surface area contributed by atoms with Crippen molar-refractivity contribution in [3.05, 3.63) is 34.3 Å². The average molecular weight is 310 g/mol. The summed E-state index contributed by atoms with van der Waals surface area (Å²) in [6, 6.07) is 8.84. The van der Waals surface area contributed by atoms with Crippen molar-refractivity contribution in [2.75, 3.05) is 6.54 Å². The molecule has 1 N–H and O–H groups in total. The molecule has 100 valence electrons. The Balaban J connectivity index is 2.07. The summed E-state index contributed by atoms with van der Waals surface area (Å²) in [5.41, 5.74) is 2.14. The number of hydrogen-bond donors (Lipinski definition) is 1. The van der Waals surface area contributed by atoms with Gasteiger partial charge in [0.25, 0.3) is 0 Å². The lowest BCUT2D eigenvalue weighted by Gasteiger charge is -2.22. The minimum Gasteiger partial charge on any atom is -0.312 e. The molecule has 1 aliphatic rings. The summed E-state index contributed by atoms with van der Waals surface area (Å²) in [7, 11) is 0. The normalized spacial score (nSPS) is 27.3. The largest absolute Gasteiger partial charge is 0.312 e. The second-order valence-corrected chi connectivity index (χ2v) is 7.47. The molecule has 18 heavy (non-hydrogen) atoms. The maximum Gasteiger partial charge on any atom is 0.0178 e. The number of benzene rings is 1. The number of halogens is 1. The summed E-state index contributed by atoms with van der Waals surface area (Å²) in [5.74, 6) is 0.788. The Labute approximate surface area is 119 Å². The minimum absolute atomic E-state index is 0.222. The third-order valence-electron chi connectivity index (χ3n) is 4.14. The van der Waals surface area contributed by atoms with Crippen LogP contribution in [0.3, 0.4) is 0 Å². The Bertz CT molecular complexity index is 421. The molecule has 0 amide bonds. The first-order chi connectivity index (χ1) is 8.37.